The summed E-state index contributed by atoms with van der Waals surface area (Å²) in [5, 5.41) is 0. The van der Waals surface area contributed by atoms with Crippen LogP contribution >= 0.6 is 0 Å². The van der Waals surface area contributed by atoms with Crippen LogP contribution in [0.3, 0.4) is 0 Å². The van der Waals surface area contributed by atoms with Gasteiger partial charge in [0.25, 0.3) is 0 Å². The number of hydrogen-bond donors (Lipinski definition) is 0. The second-order valence-electron chi connectivity index (χ2n) is 4.54. The average molecular weight is 172 g/mol. The summed E-state index contributed by atoms with van der Waals surface area (Å²) in [6, 6.07) is 0. The van der Waals surface area contributed by atoms with Crippen LogP contribution in [0.4, 0.5) is 0 Å². The lowest BCUT2D eigenvalue weighted by Crippen LogP contribution is -1.84. The Hall–Kier alpha value is -0.780. The monoisotopic (exact) mass is 172 g/mol. The minimum atomic E-state index is 0.913. The zero-order valence-electron chi connectivity index (χ0n) is 8.00. The normalized spacial score (nSPS) is 28.0. The molecular weight excluding hydrogens is 156 g/mol. The summed E-state index contributed by atoms with van der Waals surface area (Å²) >= 11 is 0. The van der Waals surface area contributed by atoms with Gasteiger partial charge in [-0.25, -0.2) is 0 Å². The van der Waals surface area contributed by atoms with E-state index in [0.717, 1.165) is 18.3 Å². The molecule has 0 aromatic carbocycles. The minimum absolute atomic E-state index is 0.913. The van der Waals surface area contributed by atoms with Crippen molar-refractivity contribution >= 4 is 0 Å². The van der Waals surface area contributed by atoms with Gasteiger partial charge in [-0.15, -0.1) is 0 Å². The van der Waals surface area contributed by atoms with Gasteiger partial charge in [0.1, 0.15) is 0 Å². The molecule has 0 bridgehead atoms. The van der Waals surface area contributed by atoms with Crippen molar-refractivity contribution in [3.8, 4) is 0 Å². The zero-order valence-corrected chi connectivity index (χ0v) is 8.00. The van der Waals surface area contributed by atoms with Gasteiger partial charge in [0, 0.05) is 0 Å². The van der Waals surface area contributed by atoms with Gasteiger partial charge in [0.05, 0.1) is 0 Å². The molecule has 3 rings (SSSR count). The third-order valence-electron chi connectivity index (χ3n) is 3.23. The molecule has 2 saturated carbocycles. The molecule has 0 amide bonds. The van der Waals surface area contributed by atoms with E-state index in [4.69, 9.17) is 0 Å². The highest BCUT2D eigenvalue weighted by molar-refractivity contribution is 5.39. The third kappa shape index (κ3) is 1.63. The zero-order chi connectivity index (χ0) is 8.67. The molecule has 0 aromatic heterocycles. The highest BCUT2D eigenvalue weighted by Gasteiger charge is 2.28. The quantitative estimate of drug-likeness (QED) is 0.596. The summed E-state index contributed by atoms with van der Waals surface area (Å²) in [4.78, 5) is 0. The van der Waals surface area contributed by atoms with E-state index < -0.39 is 0 Å². The second-order valence-corrected chi connectivity index (χ2v) is 4.54. The molecule has 0 heterocycles. The molecule has 0 spiro atoms. The maximum absolute atomic E-state index is 2.47. The summed E-state index contributed by atoms with van der Waals surface area (Å²) in [6.07, 6.45) is 16.4. The van der Waals surface area contributed by atoms with Crippen molar-refractivity contribution in [3.05, 3.63) is 35.5 Å². The Bertz CT molecular complexity index is 296. The third-order valence-corrected chi connectivity index (χ3v) is 3.23. The van der Waals surface area contributed by atoms with E-state index in [1.807, 2.05) is 0 Å². The predicted molar refractivity (Wildman–Crippen MR) is 55.4 cm³/mol. The molecule has 0 unspecified atom stereocenters. The van der Waals surface area contributed by atoms with Crippen LogP contribution in [-0.4, -0.2) is 0 Å². The van der Waals surface area contributed by atoms with Crippen LogP contribution in [0.2, 0.25) is 0 Å². The molecule has 68 valence electrons. The van der Waals surface area contributed by atoms with Gasteiger partial charge in [0.15, 0.2) is 0 Å². The van der Waals surface area contributed by atoms with Crippen molar-refractivity contribution < 1.29 is 0 Å². The molecule has 0 nitrogen and oxygen atoms in total. The van der Waals surface area contributed by atoms with Crippen LogP contribution in [0, 0.1) is 11.8 Å². The number of allylic oxidation sites excluding steroid dienone is 6. The lowest BCUT2D eigenvalue weighted by atomic mass is 10.1. The van der Waals surface area contributed by atoms with Crippen LogP contribution in [0.5, 0.6) is 0 Å². The fraction of sp³-hybridized carbons (Fsp3) is 0.538. The molecular formula is C13H16. The Balaban J connectivity index is 1.86. The lowest BCUT2D eigenvalue weighted by Gasteiger charge is -2.00. The highest BCUT2D eigenvalue weighted by Crippen LogP contribution is 2.43. The molecule has 0 aromatic rings. The first-order valence-electron chi connectivity index (χ1n) is 5.51. The summed E-state index contributed by atoms with van der Waals surface area (Å²) in [7, 11) is 0. The lowest BCUT2D eigenvalue weighted by molar-refractivity contribution is 1.00. The first-order valence-corrected chi connectivity index (χ1v) is 5.51. The van der Waals surface area contributed by atoms with Gasteiger partial charge < -0.3 is 0 Å². The van der Waals surface area contributed by atoms with E-state index in [-0.39, 0.29) is 0 Å². The molecule has 0 radical (unpaired) electrons. The molecule has 3 aliphatic carbocycles. The molecule has 0 saturated heterocycles. The molecule has 0 aliphatic heterocycles. The van der Waals surface area contributed by atoms with Gasteiger partial charge in [-0.3, -0.25) is 0 Å². The first-order chi connectivity index (χ1) is 6.43. The van der Waals surface area contributed by atoms with Crippen molar-refractivity contribution in [2.75, 3.05) is 0 Å². The number of rotatable bonds is 2. The van der Waals surface area contributed by atoms with Crippen molar-refractivity contribution in [1.29, 1.82) is 0 Å². The molecule has 2 fully saturated rings. The van der Waals surface area contributed by atoms with E-state index in [1.165, 1.54) is 25.7 Å². The molecule has 0 heteroatoms. The number of hydrogen-bond acceptors (Lipinski definition) is 0. The fourth-order valence-corrected chi connectivity index (χ4v) is 2.08. The molecule has 3 aliphatic rings. The van der Waals surface area contributed by atoms with E-state index in [0.29, 0.717) is 0 Å². The fourth-order valence-electron chi connectivity index (χ4n) is 2.08. The Morgan fingerprint density at radius 3 is 2.31 bits per heavy atom. The first kappa shape index (κ1) is 7.61. The SMILES string of the molecule is C1=CC(C2CC2)=CC(C2CC2)=CC1. The summed E-state index contributed by atoms with van der Waals surface area (Å²) in [5.74, 6) is 1.84. The van der Waals surface area contributed by atoms with Crippen LogP contribution in [0.15, 0.2) is 35.5 Å². The van der Waals surface area contributed by atoms with Crippen LogP contribution in [0.1, 0.15) is 32.1 Å². The van der Waals surface area contributed by atoms with Crippen molar-refractivity contribution in [2.45, 2.75) is 32.1 Å². The minimum Gasteiger partial charge on any atom is -0.0804 e. The van der Waals surface area contributed by atoms with Crippen LogP contribution < -0.4 is 0 Å². The molecule has 13 heavy (non-hydrogen) atoms. The molecule has 0 N–H and O–H groups in total. The van der Waals surface area contributed by atoms with Gasteiger partial charge >= 0.3 is 0 Å². The predicted octanol–water partition coefficient (Wildman–Crippen LogP) is 3.62. The maximum Gasteiger partial charge on any atom is -0.0160 e. The largest absolute Gasteiger partial charge is 0.0804 e. The van der Waals surface area contributed by atoms with Gasteiger partial charge in [-0.05, 0) is 55.1 Å². The average Bonchev–Trinajstić information content (AvgIpc) is 3.02. The van der Waals surface area contributed by atoms with Crippen LogP contribution in [-0.2, 0) is 0 Å². The molecule has 0 atom stereocenters. The highest BCUT2D eigenvalue weighted by atomic mass is 14.3. The second kappa shape index (κ2) is 2.87. The summed E-state index contributed by atoms with van der Waals surface area (Å²) in [5.41, 5.74) is 3.24. The van der Waals surface area contributed by atoms with Crippen LogP contribution in [0.25, 0.3) is 0 Å². The summed E-state index contributed by atoms with van der Waals surface area (Å²) < 4.78 is 0. The topological polar surface area (TPSA) is 0 Å². The smallest absolute Gasteiger partial charge is 0.0160 e. The standard InChI is InChI=1S/C13H16/c1-2-4-13(11-7-8-11)9-12(3-1)10-5-6-10/h1,3-4,9-11H,2,5-8H2. The van der Waals surface area contributed by atoms with Gasteiger partial charge in [0.2, 0.25) is 0 Å². The van der Waals surface area contributed by atoms with Gasteiger partial charge in [-0.2, -0.15) is 0 Å². The van der Waals surface area contributed by atoms with E-state index in [2.05, 4.69) is 24.3 Å². The van der Waals surface area contributed by atoms with Crippen molar-refractivity contribution in [1.82, 2.24) is 0 Å². The van der Waals surface area contributed by atoms with Crippen molar-refractivity contribution in [2.24, 2.45) is 11.8 Å². The Labute approximate surface area is 80.0 Å². The van der Waals surface area contributed by atoms with E-state index in [9.17, 15) is 0 Å². The summed E-state index contributed by atoms with van der Waals surface area (Å²) in [6.45, 7) is 0. The van der Waals surface area contributed by atoms with E-state index in [1.54, 1.807) is 11.1 Å². The Morgan fingerprint density at radius 2 is 1.62 bits per heavy atom. The Morgan fingerprint density at radius 1 is 0.923 bits per heavy atom. The van der Waals surface area contributed by atoms with Gasteiger partial charge in [-0.1, -0.05) is 24.3 Å². The van der Waals surface area contributed by atoms with E-state index >= 15 is 0 Å². The van der Waals surface area contributed by atoms with Crippen molar-refractivity contribution in [3.63, 3.8) is 0 Å². The Kier molecular flexibility index (Phi) is 1.68. The maximum atomic E-state index is 2.47.